The maximum atomic E-state index is 11.2. The van der Waals surface area contributed by atoms with Crippen LogP contribution in [0.15, 0.2) is 29.2 Å². The topological polar surface area (TPSA) is 29.1 Å². The summed E-state index contributed by atoms with van der Waals surface area (Å²) in [4.78, 5) is 0.898. The molecule has 1 aromatic carbocycles. The number of rotatable bonds is 7. The zero-order valence-corrected chi connectivity index (χ0v) is 11.0. The Morgan fingerprint density at radius 1 is 1.19 bits per heavy atom. The van der Waals surface area contributed by atoms with Crippen LogP contribution in [0, 0.1) is 0 Å². The van der Waals surface area contributed by atoms with E-state index in [1.165, 1.54) is 24.8 Å². The fraction of sp³-hybridized carbons (Fsp3) is 0.538. The van der Waals surface area contributed by atoms with Gasteiger partial charge >= 0.3 is 0 Å². The second-order valence-corrected chi connectivity index (χ2v) is 5.36. The van der Waals surface area contributed by atoms with Gasteiger partial charge in [0.25, 0.3) is 0 Å². The number of benzene rings is 1. The molecule has 2 nitrogen and oxygen atoms in total. The van der Waals surface area contributed by atoms with Crippen LogP contribution in [0.3, 0.4) is 0 Å². The summed E-state index contributed by atoms with van der Waals surface area (Å²) in [6.07, 6.45) is 5.50. The Labute approximate surface area is 101 Å². The lowest BCUT2D eigenvalue weighted by Crippen LogP contribution is -2.14. The number of unbranched alkanes of at least 4 members (excludes halogenated alkanes) is 2. The van der Waals surface area contributed by atoms with E-state index in [2.05, 4.69) is 12.2 Å². The van der Waals surface area contributed by atoms with Gasteiger partial charge in [-0.25, -0.2) is 0 Å². The van der Waals surface area contributed by atoms with Gasteiger partial charge in [0.1, 0.15) is 0 Å². The molecule has 0 spiro atoms. The molecular weight excluding hydrogens is 218 g/mol. The second-order valence-electron chi connectivity index (χ2n) is 3.98. The summed E-state index contributed by atoms with van der Waals surface area (Å²) in [6.45, 7) is 4.19. The SMILES string of the molecule is CCCCCNCc1ccc(S(C)=O)cc1. The first kappa shape index (κ1) is 13.4. The van der Waals surface area contributed by atoms with Crippen LogP contribution < -0.4 is 5.32 Å². The van der Waals surface area contributed by atoms with Crippen LogP contribution in [-0.4, -0.2) is 17.0 Å². The summed E-state index contributed by atoms with van der Waals surface area (Å²) in [6, 6.07) is 7.98. The molecule has 0 aromatic heterocycles. The van der Waals surface area contributed by atoms with E-state index < -0.39 is 10.8 Å². The highest BCUT2D eigenvalue weighted by Gasteiger charge is 1.97. The predicted molar refractivity (Wildman–Crippen MR) is 70.0 cm³/mol. The summed E-state index contributed by atoms with van der Waals surface area (Å²) in [5, 5.41) is 3.41. The quantitative estimate of drug-likeness (QED) is 0.741. The van der Waals surface area contributed by atoms with Gasteiger partial charge in [-0.05, 0) is 30.7 Å². The van der Waals surface area contributed by atoms with Crippen molar-refractivity contribution in [3.05, 3.63) is 29.8 Å². The minimum atomic E-state index is -0.868. The summed E-state index contributed by atoms with van der Waals surface area (Å²) >= 11 is 0. The maximum Gasteiger partial charge on any atom is 0.0498 e. The first-order chi connectivity index (χ1) is 7.74. The lowest BCUT2D eigenvalue weighted by atomic mass is 10.2. The summed E-state index contributed by atoms with van der Waals surface area (Å²) < 4.78 is 11.2. The van der Waals surface area contributed by atoms with Crippen molar-refractivity contribution < 1.29 is 4.21 Å². The first-order valence-corrected chi connectivity index (χ1v) is 7.43. The molecule has 0 amide bonds. The molecule has 90 valence electrons. The van der Waals surface area contributed by atoms with Gasteiger partial charge in [-0.2, -0.15) is 0 Å². The molecule has 1 rings (SSSR count). The number of hydrogen-bond donors (Lipinski definition) is 1. The lowest BCUT2D eigenvalue weighted by molar-refractivity contribution is 0.616. The van der Waals surface area contributed by atoms with Crippen LogP contribution in [0.2, 0.25) is 0 Å². The molecule has 0 aliphatic rings. The minimum absolute atomic E-state index is 0.868. The third-order valence-corrected chi connectivity index (χ3v) is 3.48. The van der Waals surface area contributed by atoms with E-state index in [-0.39, 0.29) is 0 Å². The molecule has 0 saturated carbocycles. The smallest absolute Gasteiger partial charge is 0.0498 e. The molecule has 0 aliphatic heterocycles. The van der Waals surface area contributed by atoms with Gasteiger partial charge in [0.15, 0.2) is 0 Å². The Morgan fingerprint density at radius 3 is 2.44 bits per heavy atom. The van der Waals surface area contributed by atoms with Gasteiger partial charge in [-0.1, -0.05) is 31.9 Å². The van der Waals surface area contributed by atoms with E-state index in [1.54, 1.807) is 6.26 Å². The predicted octanol–water partition coefficient (Wildman–Crippen LogP) is 2.70. The highest BCUT2D eigenvalue weighted by atomic mass is 32.2. The standard InChI is InChI=1S/C13H21NOS/c1-3-4-5-10-14-11-12-6-8-13(9-7-12)16(2)15/h6-9,14H,3-5,10-11H2,1-2H3. The molecule has 0 aliphatic carbocycles. The Morgan fingerprint density at radius 2 is 1.88 bits per heavy atom. The molecule has 1 atom stereocenters. The van der Waals surface area contributed by atoms with Crippen molar-refractivity contribution in [1.82, 2.24) is 5.32 Å². The van der Waals surface area contributed by atoms with E-state index >= 15 is 0 Å². The normalized spacial score (nSPS) is 12.6. The number of nitrogens with one attached hydrogen (secondary N) is 1. The van der Waals surface area contributed by atoms with Crippen molar-refractivity contribution in [2.45, 2.75) is 37.6 Å². The molecule has 1 N–H and O–H groups in total. The fourth-order valence-corrected chi connectivity index (χ4v) is 2.05. The maximum absolute atomic E-state index is 11.2. The minimum Gasteiger partial charge on any atom is -0.313 e. The van der Waals surface area contributed by atoms with Crippen LogP contribution >= 0.6 is 0 Å². The Kier molecular flexibility index (Phi) is 6.34. The molecule has 0 fully saturated rings. The molecule has 1 aromatic rings. The van der Waals surface area contributed by atoms with Crippen molar-refractivity contribution in [3.63, 3.8) is 0 Å². The highest BCUT2D eigenvalue weighted by molar-refractivity contribution is 7.84. The molecule has 0 saturated heterocycles. The highest BCUT2D eigenvalue weighted by Crippen LogP contribution is 2.07. The van der Waals surface area contributed by atoms with E-state index in [0.717, 1.165) is 18.0 Å². The molecule has 0 heterocycles. The van der Waals surface area contributed by atoms with E-state index in [4.69, 9.17) is 0 Å². The zero-order chi connectivity index (χ0) is 11.8. The average Bonchev–Trinajstić information content (AvgIpc) is 2.29. The second kappa shape index (κ2) is 7.58. The molecule has 0 radical (unpaired) electrons. The largest absolute Gasteiger partial charge is 0.313 e. The third kappa shape index (κ3) is 4.90. The van der Waals surface area contributed by atoms with Crippen molar-refractivity contribution >= 4 is 10.8 Å². The van der Waals surface area contributed by atoms with Crippen LogP contribution in [0.5, 0.6) is 0 Å². The molecule has 16 heavy (non-hydrogen) atoms. The zero-order valence-electron chi connectivity index (χ0n) is 10.2. The van der Waals surface area contributed by atoms with Crippen LogP contribution in [0.4, 0.5) is 0 Å². The number of hydrogen-bond acceptors (Lipinski definition) is 2. The van der Waals surface area contributed by atoms with Gasteiger partial charge in [-0.15, -0.1) is 0 Å². The molecule has 1 unspecified atom stereocenters. The van der Waals surface area contributed by atoms with Gasteiger partial charge in [0.05, 0.1) is 0 Å². The van der Waals surface area contributed by atoms with E-state index in [1.807, 2.05) is 24.3 Å². The molecular formula is C13H21NOS. The van der Waals surface area contributed by atoms with Gasteiger partial charge < -0.3 is 5.32 Å². The monoisotopic (exact) mass is 239 g/mol. The van der Waals surface area contributed by atoms with Crippen molar-refractivity contribution in [2.24, 2.45) is 0 Å². The third-order valence-electron chi connectivity index (χ3n) is 2.54. The first-order valence-electron chi connectivity index (χ1n) is 5.87. The summed E-state index contributed by atoms with van der Waals surface area (Å²) in [5.74, 6) is 0. The fourth-order valence-electron chi connectivity index (χ4n) is 1.53. The van der Waals surface area contributed by atoms with Crippen LogP contribution in [0.1, 0.15) is 31.7 Å². The van der Waals surface area contributed by atoms with E-state index in [9.17, 15) is 4.21 Å². The summed E-state index contributed by atoms with van der Waals surface area (Å²) in [7, 11) is -0.868. The van der Waals surface area contributed by atoms with Crippen LogP contribution in [0.25, 0.3) is 0 Å². The molecule has 0 bridgehead atoms. The van der Waals surface area contributed by atoms with Crippen molar-refractivity contribution in [1.29, 1.82) is 0 Å². The van der Waals surface area contributed by atoms with Gasteiger partial charge in [0, 0.05) is 28.5 Å². The average molecular weight is 239 g/mol. The van der Waals surface area contributed by atoms with Crippen LogP contribution in [-0.2, 0) is 17.3 Å². The van der Waals surface area contributed by atoms with Crippen molar-refractivity contribution in [3.8, 4) is 0 Å². The Bertz CT molecular complexity index is 321. The molecule has 3 heteroatoms. The van der Waals surface area contributed by atoms with Gasteiger partial charge in [0.2, 0.25) is 0 Å². The van der Waals surface area contributed by atoms with Gasteiger partial charge in [-0.3, -0.25) is 4.21 Å². The Balaban J connectivity index is 2.29. The van der Waals surface area contributed by atoms with E-state index in [0.29, 0.717) is 0 Å². The van der Waals surface area contributed by atoms with Crippen molar-refractivity contribution in [2.75, 3.05) is 12.8 Å². The Hall–Kier alpha value is -0.670. The summed E-state index contributed by atoms with van der Waals surface area (Å²) in [5.41, 5.74) is 1.26. The lowest BCUT2D eigenvalue weighted by Gasteiger charge is -2.05.